The third-order valence-corrected chi connectivity index (χ3v) is 4.53. The van der Waals surface area contributed by atoms with Crippen LogP contribution in [0, 0.1) is 0 Å². The molecular weight excluding hydrogens is 358 g/mol. The molecule has 8 nitrogen and oxygen atoms in total. The van der Waals surface area contributed by atoms with Crippen molar-refractivity contribution >= 4 is 28.7 Å². The first-order valence-corrected chi connectivity index (χ1v) is 8.68. The maximum absolute atomic E-state index is 12.4. The summed E-state index contributed by atoms with van der Waals surface area (Å²) in [6, 6.07) is 7.36. The van der Waals surface area contributed by atoms with Gasteiger partial charge in [-0.3, -0.25) is 18.9 Å². The van der Waals surface area contributed by atoms with Gasteiger partial charge in [0, 0.05) is 25.2 Å². The van der Waals surface area contributed by atoms with E-state index in [2.05, 4.69) is 15.3 Å². The molecule has 1 aromatic carbocycles. The smallest absolute Gasteiger partial charge is 0.329 e. The fourth-order valence-corrected chi connectivity index (χ4v) is 2.95. The molecule has 3 rings (SSSR count). The van der Waals surface area contributed by atoms with Crippen LogP contribution in [0.15, 0.2) is 33.9 Å². The first kappa shape index (κ1) is 18.2. The number of hydrogen-bond acceptors (Lipinski definition) is 5. The van der Waals surface area contributed by atoms with Gasteiger partial charge in [-0.1, -0.05) is 29.8 Å². The highest BCUT2D eigenvalue weighted by Crippen LogP contribution is 2.21. The van der Waals surface area contributed by atoms with Gasteiger partial charge in [-0.15, -0.1) is 0 Å². The minimum Gasteiger partial charge on any atom is -0.396 e. The summed E-state index contributed by atoms with van der Waals surface area (Å²) in [6.07, 6.45) is 1.41. The Bertz CT molecular complexity index is 1040. The first-order chi connectivity index (χ1) is 12.5. The van der Waals surface area contributed by atoms with Crippen molar-refractivity contribution in [3.63, 3.8) is 0 Å². The average Bonchev–Trinajstić information content (AvgIpc) is 2.98. The largest absolute Gasteiger partial charge is 0.396 e. The van der Waals surface area contributed by atoms with Crippen LogP contribution in [-0.4, -0.2) is 37.4 Å². The second kappa shape index (κ2) is 7.76. The maximum Gasteiger partial charge on any atom is 0.329 e. The number of H-pyrrole nitrogens is 1. The number of benzene rings is 1. The van der Waals surface area contributed by atoms with Gasteiger partial charge in [-0.2, -0.15) is 4.98 Å². The number of anilines is 1. The molecule has 0 bridgehead atoms. The molecule has 0 spiro atoms. The predicted molar refractivity (Wildman–Crippen MR) is 101 cm³/mol. The summed E-state index contributed by atoms with van der Waals surface area (Å²) in [6.45, 7) is 1.03. The van der Waals surface area contributed by atoms with Gasteiger partial charge in [0.25, 0.3) is 5.56 Å². The standard InChI is InChI=1S/C17H20ClN5O3/c1-22-14-13(15(25)21-17(22)26)23(10-11-6-2-3-7-12(11)18)16(20-14)19-8-4-5-9-24/h2-3,6-7,24H,4-5,8-10H2,1H3,(H,19,20)(H,21,25,26). The molecule has 3 N–H and O–H groups in total. The normalized spacial score (nSPS) is 11.2. The van der Waals surface area contributed by atoms with Crippen LogP contribution in [0.2, 0.25) is 5.02 Å². The quantitative estimate of drug-likeness (QED) is 0.538. The summed E-state index contributed by atoms with van der Waals surface area (Å²) in [5, 5.41) is 12.7. The Hall–Kier alpha value is -2.58. The van der Waals surface area contributed by atoms with Gasteiger partial charge in [0.05, 0.1) is 6.54 Å². The third kappa shape index (κ3) is 3.51. The number of aromatic amines is 1. The molecular formula is C17H20ClN5O3. The van der Waals surface area contributed by atoms with E-state index >= 15 is 0 Å². The lowest BCUT2D eigenvalue weighted by molar-refractivity contribution is 0.286. The first-order valence-electron chi connectivity index (χ1n) is 8.30. The highest BCUT2D eigenvalue weighted by Gasteiger charge is 2.18. The predicted octanol–water partition coefficient (Wildman–Crippen LogP) is 1.31. The number of aromatic nitrogens is 4. The molecule has 0 aliphatic carbocycles. The number of aryl methyl sites for hydroxylation is 1. The van der Waals surface area contributed by atoms with E-state index in [1.54, 1.807) is 17.7 Å². The van der Waals surface area contributed by atoms with Crippen molar-refractivity contribution in [3.8, 4) is 0 Å². The van der Waals surface area contributed by atoms with Crippen molar-refractivity contribution in [2.24, 2.45) is 7.05 Å². The molecule has 138 valence electrons. The SMILES string of the molecule is Cn1c(=O)[nH]c(=O)c2c1nc(NCCCCO)n2Cc1ccccc1Cl. The molecule has 3 aromatic rings. The van der Waals surface area contributed by atoms with Gasteiger partial charge in [0.2, 0.25) is 5.95 Å². The van der Waals surface area contributed by atoms with Crippen molar-refractivity contribution in [2.75, 3.05) is 18.5 Å². The molecule has 0 fully saturated rings. The molecule has 0 unspecified atom stereocenters. The molecule has 0 amide bonds. The van der Waals surface area contributed by atoms with Crippen LogP contribution in [0.5, 0.6) is 0 Å². The Balaban J connectivity index is 2.10. The molecule has 0 aliphatic heterocycles. The van der Waals surface area contributed by atoms with E-state index in [0.717, 1.165) is 12.0 Å². The molecule has 0 saturated heterocycles. The van der Waals surface area contributed by atoms with Gasteiger partial charge < -0.3 is 10.4 Å². The highest BCUT2D eigenvalue weighted by molar-refractivity contribution is 6.31. The Morgan fingerprint density at radius 2 is 2.04 bits per heavy atom. The number of nitrogens with zero attached hydrogens (tertiary/aromatic N) is 3. The zero-order valence-electron chi connectivity index (χ0n) is 14.3. The maximum atomic E-state index is 12.4. The number of nitrogens with one attached hydrogen (secondary N) is 2. The van der Waals surface area contributed by atoms with E-state index in [-0.39, 0.29) is 6.61 Å². The Morgan fingerprint density at radius 3 is 2.77 bits per heavy atom. The molecule has 9 heteroatoms. The monoisotopic (exact) mass is 377 g/mol. The lowest BCUT2D eigenvalue weighted by atomic mass is 10.2. The van der Waals surface area contributed by atoms with Crippen molar-refractivity contribution in [3.05, 3.63) is 55.7 Å². The number of hydrogen-bond donors (Lipinski definition) is 3. The second-order valence-electron chi connectivity index (χ2n) is 5.96. The van der Waals surface area contributed by atoms with Gasteiger partial charge in [-0.05, 0) is 24.5 Å². The number of fused-ring (bicyclic) bond motifs is 1. The van der Waals surface area contributed by atoms with Crippen LogP contribution in [-0.2, 0) is 13.6 Å². The summed E-state index contributed by atoms with van der Waals surface area (Å²) in [7, 11) is 1.56. The lowest BCUT2D eigenvalue weighted by Crippen LogP contribution is -2.29. The van der Waals surface area contributed by atoms with E-state index in [4.69, 9.17) is 16.7 Å². The number of rotatable bonds is 7. The molecule has 0 aliphatic rings. The Morgan fingerprint density at radius 1 is 1.27 bits per heavy atom. The van der Waals surface area contributed by atoms with E-state index in [0.29, 0.717) is 41.6 Å². The number of aliphatic hydroxyl groups excluding tert-OH is 1. The number of halogens is 1. The number of aliphatic hydroxyl groups is 1. The molecule has 2 aromatic heterocycles. The van der Waals surface area contributed by atoms with Crippen molar-refractivity contribution in [1.82, 2.24) is 19.1 Å². The van der Waals surface area contributed by atoms with Crippen LogP contribution >= 0.6 is 11.6 Å². The van der Waals surface area contributed by atoms with Crippen molar-refractivity contribution in [2.45, 2.75) is 19.4 Å². The number of imidazole rings is 1. The Kier molecular flexibility index (Phi) is 5.43. The van der Waals surface area contributed by atoms with Crippen LogP contribution in [0.3, 0.4) is 0 Å². The summed E-state index contributed by atoms with van der Waals surface area (Å²) in [5.74, 6) is 0.476. The zero-order chi connectivity index (χ0) is 18.7. The van der Waals surface area contributed by atoms with Crippen LogP contribution < -0.4 is 16.6 Å². The van der Waals surface area contributed by atoms with E-state index in [1.165, 1.54) is 4.57 Å². The summed E-state index contributed by atoms with van der Waals surface area (Å²) in [4.78, 5) is 31.0. The van der Waals surface area contributed by atoms with Crippen LogP contribution in [0.1, 0.15) is 18.4 Å². The molecule has 2 heterocycles. The van der Waals surface area contributed by atoms with Gasteiger partial charge in [0.1, 0.15) is 0 Å². The minimum absolute atomic E-state index is 0.117. The van der Waals surface area contributed by atoms with Crippen molar-refractivity contribution in [1.29, 1.82) is 0 Å². The van der Waals surface area contributed by atoms with Gasteiger partial charge in [-0.25, -0.2) is 4.79 Å². The van der Waals surface area contributed by atoms with Crippen molar-refractivity contribution < 1.29 is 5.11 Å². The van der Waals surface area contributed by atoms with Crippen LogP contribution in [0.4, 0.5) is 5.95 Å². The lowest BCUT2D eigenvalue weighted by Gasteiger charge is -2.11. The van der Waals surface area contributed by atoms with Crippen LogP contribution in [0.25, 0.3) is 11.2 Å². The molecule has 0 saturated carbocycles. The van der Waals surface area contributed by atoms with E-state index < -0.39 is 11.2 Å². The van der Waals surface area contributed by atoms with E-state index in [9.17, 15) is 9.59 Å². The Labute approximate surface area is 154 Å². The second-order valence-corrected chi connectivity index (χ2v) is 6.37. The minimum atomic E-state index is -0.517. The fraction of sp³-hybridized carbons (Fsp3) is 0.353. The average molecular weight is 378 g/mol. The highest BCUT2D eigenvalue weighted by atomic mass is 35.5. The molecule has 0 radical (unpaired) electrons. The summed E-state index contributed by atoms with van der Waals surface area (Å²) < 4.78 is 3.02. The van der Waals surface area contributed by atoms with E-state index in [1.807, 2.05) is 18.2 Å². The summed E-state index contributed by atoms with van der Waals surface area (Å²) >= 11 is 6.26. The topological polar surface area (TPSA) is 105 Å². The summed E-state index contributed by atoms with van der Waals surface area (Å²) in [5.41, 5.74) is 0.426. The molecule has 26 heavy (non-hydrogen) atoms. The zero-order valence-corrected chi connectivity index (χ0v) is 15.1. The molecule has 0 atom stereocenters. The number of unbranched alkanes of at least 4 members (excludes halogenated alkanes) is 1. The fourth-order valence-electron chi connectivity index (χ4n) is 2.76. The third-order valence-electron chi connectivity index (χ3n) is 4.16. The van der Waals surface area contributed by atoms with Gasteiger partial charge in [0.15, 0.2) is 11.2 Å². The van der Waals surface area contributed by atoms with Gasteiger partial charge >= 0.3 is 5.69 Å².